The van der Waals surface area contributed by atoms with Crippen molar-refractivity contribution in [3.63, 3.8) is 0 Å². The molecule has 1 aromatic rings. The molecule has 5 heteroatoms. The van der Waals surface area contributed by atoms with Crippen LogP contribution in [0.15, 0.2) is 18.2 Å². The fourth-order valence-corrected chi connectivity index (χ4v) is 2.48. The highest BCUT2D eigenvalue weighted by Crippen LogP contribution is 2.29. The smallest absolute Gasteiger partial charge is 0.159 e. The third-order valence-electron chi connectivity index (χ3n) is 3.48. The van der Waals surface area contributed by atoms with Crippen LogP contribution in [0.5, 0.6) is 0 Å². The summed E-state index contributed by atoms with van der Waals surface area (Å²) in [6, 6.07) is 4.03. The van der Waals surface area contributed by atoms with Gasteiger partial charge in [-0.15, -0.1) is 0 Å². The van der Waals surface area contributed by atoms with Crippen LogP contribution in [0.4, 0.5) is 8.78 Å². The molecule has 1 saturated heterocycles. The highest BCUT2D eigenvalue weighted by atomic mass is 19.2. The first-order chi connectivity index (χ1) is 9.13. The molecule has 0 aromatic heterocycles. The van der Waals surface area contributed by atoms with Gasteiger partial charge in [0.15, 0.2) is 11.6 Å². The lowest BCUT2D eigenvalue weighted by Gasteiger charge is -2.39. The standard InChI is InChI=1S/C14H20F2N2O/c1-3-17-9-13-14(18(2)6-7-19-13)10-4-5-11(15)12(16)8-10/h4-5,8,13-14,17H,3,6-7,9H2,1-2H3. The maximum atomic E-state index is 13.4. The Balaban J connectivity index is 2.22. The highest BCUT2D eigenvalue weighted by Gasteiger charge is 2.31. The summed E-state index contributed by atoms with van der Waals surface area (Å²) in [5.74, 6) is -1.62. The Morgan fingerprint density at radius 1 is 1.37 bits per heavy atom. The Hall–Kier alpha value is -1.04. The normalized spacial score (nSPS) is 24.6. The van der Waals surface area contributed by atoms with Crippen LogP contribution in [0.1, 0.15) is 18.5 Å². The number of hydrogen-bond acceptors (Lipinski definition) is 3. The van der Waals surface area contributed by atoms with E-state index in [0.29, 0.717) is 13.2 Å². The van der Waals surface area contributed by atoms with Crippen LogP contribution in [0.2, 0.25) is 0 Å². The van der Waals surface area contributed by atoms with E-state index in [1.165, 1.54) is 12.1 Å². The van der Waals surface area contributed by atoms with Crippen molar-refractivity contribution < 1.29 is 13.5 Å². The van der Waals surface area contributed by atoms with E-state index in [4.69, 9.17) is 4.74 Å². The molecule has 0 spiro atoms. The predicted octanol–water partition coefficient (Wildman–Crippen LogP) is 1.95. The molecular weight excluding hydrogens is 250 g/mol. The summed E-state index contributed by atoms with van der Waals surface area (Å²) in [5.41, 5.74) is 0.754. The Labute approximate surface area is 112 Å². The first-order valence-corrected chi connectivity index (χ1v) is 6.61. The average Bonchev–Trinajstić information content (AvgIpc) is 2.40. The number of hydrogen-bond donors (Lipinski definition) is 1. The monoisotopic (exact) mass is 270 g/mol. The maximum Gasteiger partial charge on any atom is 0.159 e. The Kier molecular flexibility index (Phi) is 4.85. The van der Waals surface area contributed by atoms with Crippen LogP contribution in [0, 0.1) is 11.6 Å². The van der Waals surface area contributed by atoms with Crippen molar-refractivity contribution in [2.75, 3.05) is 33.3 Å². The van der Waals surface area contributed by atoms with E-state index < -0.39 is 11.6 Å². The molecule has 1 aromatic carbocycles. The van der Waals surface area contributed by atoms with E-state index >= 15 is 0 Å². The summed E-state index contributed by atoms with van der Waals surface area (Å²) in [6.07, 6.45) is -0.0523. The molecule has 2 rings (SSSR count). The fraction of sp³-hybridized carbons (Fsp3) is 0.571. The molecular formula is C14H20F2N2O. The molecule has 0 saturated carbocycles. The van der Waals surface area contributed by atoms with Crippen LogP contribution in [0.3, 0.4) is 0 Å². The first kappa shape index (κ1) is 14.4. The van der Waals surface area contributed by atoms with Gasteiger partial charge in [-0.05, 0) is 31.3 Å². The second-order valence-corrected chi connectivity index (χ2v) is 4.82. The molecule has 1 aliphatic heterocycles. The summed E-state index contributed by atoms with van der Waals surface area (Å²) in [6.45, 7) is 5.02. The van der Waals surface area contributed by atoms with Gasteiger partial charge in [-0.1, -0.05) is 13.0 Å². The van der Waals surface area contributed by atoms with Crippen molar-refractivity contribution in [3.05, 3.63) is 35.4 Å². The van der Waals surface area contributed by atoms with Crippen LogP contribution in [-0.2, 0) is 4.74 Å². The zero-order valence-corrected chi connectivity index (χ0v) is 11.3. The topological polar surface area (TPSA) is 24.5 Å². The Morgan fingerprint density at radius 2 is 2.16 bits per heavy atom. The van der Waals surface area contributed by atoms with Gasteiger partial charge < -0.3 is 10.1 Å². The minimum absolute atomic E-state index is 0.0523. The highest BCUT2D eigenvalue weighted by molar-refractivity contribution is 5.23. The van der Waals surface area contributed by atoms with E-state index in [1.807, 2.05) is 14.0 Å². The lowest BCUT2D eigenvalue weighted by Crippen LogP contribution is -2.47. The van der Waals surface area contributed by atoms with Crippen LogP contribution >= 0.6 is 0 Å². The van der Waals surface area contributed by atoms with Gasteiger partial charge in [0, 0.05) is 13.1 Å². The van der Waals surface area contributed by atoms with Gasteiger partial charge in [-0.2, -0.15) is 0 Å². The summed E-state index contributed by atoms with van der Waals surface area (Å²) < 4.78 is 32.2. The second-order valence-electron chi connectivity index (χ2n) is 4.82. The SMILES string of the molecule is CCNCC1OCCN(C)C1c1ccc(F)c(F)c1. The second kappa shape index (κ2) is 6.41. The predicted molar refractivity (Wildman–Crippen MR) is 70.0 cm³/mol. The van der Waals surface area contributed by atoms with Crippen LogP contribution in [0.25, 0.3) is 0 Å². The lowest BCUT2D eigenvalue weighted by atomic mass is 9.98. The number of benzene rings is 1. The van der Waals surface area contributed by atoms with Gasteiger partial charge in [0.2, 0.25) is 0 Å². The minimum Gasteiger partial charge on any atom is -0.374 e. The van der Waals surface area contributed by atoms with Gasteiger partial charge in [-0.25, -0.2) is 8.78 Å². The molecule has 1 N–H and O–H groups in total. The molecule has 3 nitrogen and oxygen atoms in total. The van der Waals surface area contributed by atoms with Crippen LogP contribution in [-0.4, -0.2) is 44.3 Å². The summed E-state index contributed by atoms with van der Waals surface area (Å²) in [7, 11) is 1.98. The summed E-state index contributed by atoms with van der Waals surface area (Å²) >= 11 is 0. The van der Waals surface area contributed by atoms with Crippen molar-refractivity contribution in [3.8, 4) is 0 Å². The third-order valence-corrected chi connectivity index (χ3v) is 3.48. The maximum absolute atomic E-state index is 13.4. The van der Waals surface area contributed by atoms with Crippen molar-refractivity contribution in [2.24, 2.45) is 0 Å². The number of nitrogens with zero attached hydrogens (tertiary/aromatic N) is 1. The average molecular weight is 270 g/mol. The number of likely N-dealkylation sites (N-methyl/N-ethyl adjacent to an activating group) is 2. The Morgan fingerprint density at radius 3 is 2.84 bits per heavy atom. The number of rotatable bonds is 4. The lowest BCUT2D eigenvalue weighted by molar-refractivity contribution is -0.0612. The van der Waals surface area contributed by atoms with Crippen molar-refractivity contribution in [2.45, 2.75) is 19.1 Å². The van der Waals surface area contributed by atoms with Gasteiger partial charge in [0.25, 0.3) is 0 Å². The van der Waals surface area contributed by atoms with Gasteiger partial charge in [0.1, 0.15) is 0 Å². The molecule has 1 heterocycles. The van der Waals surface area contributed by atoms with E-state index in [2.05, 4.69) is 10.2 Å². The van der Waals surface area contributed by atoms with E-state index in [-0.39, 0.29) is 12.1 Å². The Bertz CT molecular complexity index is 428. The number of nitrogens with one attached hydrogen (secondary N) is 1. The van der Waals surface area contributed by atoms with E-state index in [0.717, 1.165) is 18.7 Å². The molecule has 19 heavy (non-hydrogen) atoms. The zero-order valence-electron chi connectivity index (χ0n) is 11.3. The number of ether oxygens (including phenoxy) is 1. The molecule has 2 unspecified atom stereocenters. The van der Waals surface area contributed by atoms with Crippen molar-refractivity contribution in [1.29, 1.82) is 0 Å². The van der Waals surface area contributed by atoms with Gasteiger partial charge in [-0.3, -0.25) is 4.90 Å². The van der Waals surface area contributed by atoms with Gasteiger partial charge >= 0.3 is 0 Å². The molecule has 106 valence electrons. The first-order valence-electron chi connectivity index (χ1n) is 6.61. The molecule has 0 bridgehead atoms. The van der Waals surface area contributed by atoms with E-state index in [9.17, 15) is 8.78 Å². The van der Waals surface area contributed by atoms with Gasteiger partial charge in [0.05, 0.1) is 18.8 Å². The quantitative estimate of drug-likeness (QED) is 0.905. The van der Waals surface area contributed by atoms with Crippen LogP contribution < -0.4 is 5.32 Å². The molecule has 0 amide bonds. The van der Waals surface area contributed by atoms with Crippen molar-refractivity contribution >= 4 is 0 Å². The molecule has 0 aliphatic carbocycles. The molecule has 1 fully saturated rings. The zero-order chi connectivity index (χ0) is 13.8. The summed E-state index contributed by atoms with van der Waals surface area (Å²) in [4.78, 5) is 2.12. The minimum atomic E-state index is -0.814. The summed E-state index contributed by atoms with van der Waals surface area (Å²) in [5, 5.41) is 3.24. The van der Waals surface area contributed by atoms with E-state index in [1.54, 1.807) is 6.07 Å². The number of halogens is 2. The molecule has 2 atom stereocenters. The third kappa shape index (κ3) is 3.29. The molecule has 1 aliphatic rings. The fourth-order valence-electron chi connectivity index (χ4n) is 2.48. The van der Waals surface area contributed by atoms with Crippen molar-refractivity contribution in [1.82, 2.24) is 10.2 Å². The number of morpholine rings is 1. The molecule has 0 radical (unpaired) electrons. The largest absolute Gasteiger partial charge is 0.374 e.